The van der Waals surface area contributed by atoms with Gasteiger partial charge in [0.25, 0.3) is 0 Å². The van der Waals surface area contributed by atoms with Crippen LogP contribution in [0.5, 0.6) is 0 Å². The first-order valence-corrected chi connectivity index (χ1v) is 11.5. The van der Waals surface area contributed by atoms with Gasteiger partial charge in [0.15, 0.2) is 11.0 Å². The second kappa shape index (κ2) is 9.80. The van der Waals surface area contributed by atoms with Crippen LogP contribution in [0.4, 0.5) is 18.9 Å². The minimum atomic E-state index is -4.60. The zero-order valence-corrected chi connectivity index (χ0v) is 19.3. The summed E-state index contributed by atoms with van der Waals surface area (Å²) in [5.74, 6) is -0.138. The van der Waals surface area contributed by atoms with Crippen molar-refractivity contribution in [2.24, 2.45) is 0 Å². The number of alkyl halides is 3. The maximum absolute atomic E-state index is 13.3. The lowest BCUT2D eigenvalue weighted by Crippen LogP contribution is -2.18. The number of rotatable bonds is 6. The molecule has 0 radical (unpaired) electrons. The quantitative estimate of drug-likeness (QED) is 0.290. The number of amides is 1. The molecule has 1 heterocycles. The molecule has 0 aliphatic rings. The number of anilines is 1. The van der Waals surface area contributed by atoms with Crippen LogP contribution in [-0.2, 0) is 11.0 Å². The number of hydrogen-bond donors (Lipinski definition) is 1. The third kappa shape index (κ3) is 5.45. The van der Waals surface area contributed by atoms with Gasteiger partial charge in [0, 0.05) is 15.7 Å². The molecule has 0 saturated heterocycles. The van der Waals surface area contributed by atoms with E-state index in [2.05, 4.69) is 31.4 Å². The zero-order chi connectivity index (χ0) is 23.4. The Morgan fingerprint density at radius 3 is 2.30 bits per heavy atom. The molecule has 0 unspecified atom stereocenters. The fraction of sp³-hybridized carbons (Fsp3) is 0.0870. The van der Waals surface area contributed by atoms with Gasteiger partial charge in [0.1, 0.15) is 0 Å². The van der Waals surface area contributed by atoms with Gasteiger partial charge in [-0.15, -0.1) is 10.2 Å². The fourth-order valence-electron chi connectivity index (χ4n) is 3.12. The number of aromatic nitrogens is 3. The van der Waals surface area contributed by atoms with E-state index in [0.29, 0.717) is 11.0 Å². The fourth-order valence-corrected chi connectivity index (χ4v) is 4.24. The molecule has 5 nitrogen and oxygen atoms in total. The lowest BCUT2D eigenvalue weighted by molar-refractivity contribution is -0.137. The zero-order valence-electron chi connectivity index (χ0n) is 16.9. The number of thioether (sulfide) groups is 1. The summed E-state index contributed by atoms with van der Waals surface area (Å²) >= 11 is 4.12. The van der Waals surface area contributed by atoms with Crippen molar-refractivity contribution in [1.29, 1.82) is 0 Å². The number of benzene rings is 3. The molecule has 1 aromatic heterocycles. The minimum absolute atomic E-state index is 0.146. The van der Waals surface area contributed by atoms with E-state index in [1.807, 2.05) is 65.2 Å². The normalized spacial score (nSPS) is 11.4. The van der Waals surface area contributed by atoms with Crippen molar-refractivity contribution >= 4 is 39.3 Å². The van der Waals surface area contributed by atoms with Gasteiger partial charge in [-0.25, -0.2) is 0 Å². The van der Waals surface area contributed by atoms with Gasteiger partial charge in [-0.2, -0.15) is 13.2 Å². The molecule has 0 saturated carbocycles. The van der Waals surface area contributed by atoms with E-state index in [-0.39, 0.29) is 15.9 Å². The molecule has 1 amide bonds. The van der Waals surface area contributed by atoms with E-state index < -0.39 is 17.6 Å². The Balaban J connectivity index is 1.57. The molecule has 0 fully saturated rings. The van der Waals surface area contributed by atoms with E-state index in [0.717, 1.165) is 29.1 Å². The summed E-state index contributed by atoms with van der Waals surface area (Å²) in [7, 11) is 0. The molecule has 3 aromatic carbocycles. The van der Waals surface area contributed by atoms with Crippen molar-refractivity contribution in [3.05, 3.63) is 88.9 Å². The Morgan fingerprint density at radius 1 is 0.970 bits per heavy atom. The van der Waals surface area contributed by atoms with E-state index in [1.165, 1.54) is 12.1 Å². The Hall–Kier alpha value is -3.11. The molecular weight excluding hydrogens is 517 g/mol. The standard InChI is InChI=1S/C23H16BrF3N4OS/c24-16-11-12-19(18(13-16)23(25,26)27)28-20(32)14-33-22-30-29-21(15-7-3-1-4-8-15)31(22)17-9-5-2-6-10-17/h1-13H,14H2,(H,28,32). The van der Waals surface area contributed by atoms with Gasteiger partial charge in [-0.05, 0) is 30.3 Å². The van der Waals surface area contributed by atoms with Crippen LogP contribution in [0.25, 0.3) is 17.1 Å². The van der Waals surface area contributed by atoms with Crippen molar-refractivity contribution in [3.8, 4) is 17.1 Å². The monoisotopic (exact) mass is 532 g/mol. The van der Waals surface area contributed by atoms with Crippen molar-refractivity contribution in [3.63, 3.8) is 0 Å². The minimum Gasteiger partial charge on any atom is -0.325 e. The second-order valence-electron chi connectivity index (χ2n) is 6.87. The number of carbonyl (C=O) groups is 1. The predicted octanol–water partition coefficient (Wildman–Crippen LogP) is 6.45. The van der Waals surface area contributed by atoms with Crippen LogP contribution >= 0.6 is 27.7 Å². The van der Waals surface area contributed by atoms with Gasteiger partial charge in [0.2, 0.25) is 5.91 Å². The molecule has 10 heteroatoms. The van der Waals surface area contributed by atoms with E-state index in [1.54, 1.807) is 0 Å². The van der Waals surface area contributed by atoms with E-state index in [4.69, 9.17) is 0 Å². The Kier molecular flexibility index (Phi) is 6.85. The van der Waals surface area contributed by atoms with E-state index in [9.17, 15) is 18.0 Å². The number of nitrogens with one attached hydrogen (secondary N) is 1. The highest BCUT2D eigenvalue weighted by Gasteiger charge is 2.34. The summed E-state index contributed by atoms with van der Waals surface area (Å²) in [4.78, 5) is 12.5. The number of hydrogen-bond acceptors (Lipinski definition) is 4. The SMILES string of the molecule is O=C(CSc1nnc(-c2ccccc2)n1-c1ccccc1)Nc1ccc(Br)cc1C(F)(F)F. The smallest absolute Gasteiger partial charge is 0.325 e. The molecule has 0 aliphatic heterocycles. The molecule has 4 rings (SSSR count). The van der Waals surface area contributed by atoms with Crippen molar-refractivity contribution in [1.82, 2.24) is 14.8 Å². The molecule has 168 valence electrons. The molecule has 0 aliphatic carbocycles. The largest absolute Gasteiger partial charge is 0.418 e. The van der Waals surface area contributed by atoms with Crippen LogP contribution in [0.15, 0.2) is 88.5 Å². The predicted molar refractivity (Wildman–Crippen MR) is 125 cm³/mol. The molecule has 0 atom stereocenters. The van der Waals surface area contributed by atoms with Crippen LogP contribution in [0.3, 0.4) is 0 Å². The van der Waals surface area contributed by atoms with Gasteiger partial charge in [-0.3, -0.25) is 9.36 Å². The van der Waals surface area contributed by atoms with Crippen molar-refractivity contribution in [2.75, 3.05) is 11.1 Å². The van der Waals surface area contributed by atoms with E-state index >= 15 is 0 Å². The summed E-state index contributed by atoms with van der Waals surface area (Å²) in [6, 6.07) is 22.5. The molecule has 33 heavy (non-hydrogen) atoms. The first kappa shape index (κ1) is 23.1. The lowest BCUT2D eigenvalue weighted by atomic mass is 10.1. The number of para-hydroxylation sites is 1. The summed E-state index contributed by atoms with van der Waals surface area (Å²) in [5, 5.41) is 11.3. The lowest BCUT2D eigenvalue weighted by Gasteiger charge is -2.14. The summed E-state index contributed by atoms with van der Waals surface area (Å²) < 4.78 is 42.1. The summed E-state index contributed by atoms with van der Waals surface area (Å²) in [5.41, 5.74) is 0.422. The molecule has 0 spiro atoms. The van der Waals surface area contributed by atoms with Crippen LogP contribution in [-0.4, -0.2) is 26.4 Å². The highest BCUT2D eigenvalue weighted by molar-refractivity contribution is 9.10. The topological polar surface area (TPSA) is 59.8 Å². The average molecular weight is 533 g/mol. The van der Waals surface area contributed by atoms with Crippen LogP contribution in [0.2, 0.25) is 0 Å². The number of halogens is 4. The maximum Gasteiger partial charge on any atom is 0.418 e. The highest BCUT2D eigenvalue weighted by Crippen LogP contribution is 2.37. The Bertz CT molecular complexity index is 1260. The van der Waals surface area contributed by atoms with Crippen molar-refractivity contribution < 1.29 is 18.0 Å². The third-order valence-electron chi connectivity index (χ3n) is 4.57. The van der Waals surface area contributed by atoms with Gasteiger partial charge >= 0.3 is 6.18 Å². The Labute approximate surface area is 200 Å². The number of carbonyl (C=O) groups excluding carboxylic acids is 1. The van der Waals surface area contributed by atoms with Crippen LogP contribution in [0, 0.1) is 0 Å². The first-order valence-electron chi connectivity index (χ1n) is 9.68. The summed E-state index contributed by atoms with van der Waals surface area (Å²) in [6.45, 7) is 0. The Morgan fingerprint density at radius 2 is 1.64 bits per heavy atom. The molecule has 4 aromatic rings. The highest BCUT2D eigenvalue weighted by atomic mass is 79.9. The van der Waals surface area contributed by atoms with Gasteiger partial charge in [-0.1, -0.05) is 76.2 Å². The third-order valence-corrected chi connectivity index (χ3v) is 6.00. The van der Waals surface area contributed by atoms with Crippen LogP contribution < -0.4 is 5.32 Å². The molecular formula is C23H16BrF3N4OS. The first-order chi connectivity index (χ1) is 15.8. The number of nitrogens with zero attached hydrogens (tertiary/aromatic N) is 3. The van der Waals surface area contributed by atoms with Crippen LogP contribution in [0.1, 0.15) is 5.56 Å². The van der Waals surface area contributed by atoms with Gasteiger partial charge < -0.3 is 5.32 Å². The molecule has 0 bridgehead atoms. The van der Waals surface area contributed by atoms with Gasteiger partial charge in [0.05, 0.1) is 17.0 Å². The maximum atomic E-state index is 13.3. The summed E-state index contributed by atoms with van der Waals surface area (Å²) in [6.07, 6.45) is -4.60. The molecule has 1 N–H and O–H groups in total. The average Bonchev–Trinajstić information content (AvgIpc) is 3.23. The van der Waals surface area contributed by atoms with Crippen molar-refractivity contribution in [2.45, 2.75) is 11.3 Å². The second-order valence-corrected chi connectivity index (χ2v) is 8.73.